The molecule has 0 saturated carbocycles. The molecule has 2 atom stereocenters. The lowest BCUT2D eigenvalue weighted by Crippen LogP contribution is -2.53. The van der Waals surface area contributed by atoms with Gasteiger partial charge in [0.1, 0.15) is 5.60 Å². The summed E-state index contributed by atoms with van der Waals surface area (Å²) in [6.07, 6.45) is 0.190. The molecule has 1 saturated heterocycles. The first-order chi connectivity index (χ1) is 16.4. The maximum atomic E-state index is 13.3. The first-order valence-electron chi connectivity index (χ1n) is 11.6. The van der Waals surface area contributed by atoms with Gasteiger partial charge in [0.05, 0.1) is 17.6 Å². The lowest BCUT2D eigenvalue weighted by molar-refractivity contribution is -0.120. The fourth-order valence-corrected chi connectivity index (χ4v) is 4.73. The number of aryl methyl sites for hydroxylation is 2. The van der Waals surface area contributed by atoms with Crippen molar-refractivity contribution in [2.24, 2.45) is 7.05 Å². The molecule has 35 heavy (non-hydrogen) atoms. The summed E-state index contributed by atoms with van der Waals surface area (Å²) in [6.45, 7) is 7.32. The second kappa shape index (κ2) is 9.38. The number of aromatic nitrogens is 1. The highest BCUT2D eigenvalue weighted by atomic mass is 35.5. The van der Waals surface area contributed by atoms with Crippen LogP contribution in [0.4, 0.5) is 10.5 Å². The van der Waals surface area contributed by atoms with Crippen LogP contribution in [0.15, 0.2) is 53.3 Å². The van der Waals surface area contributed by atoms with E-state index in [-0.39, 0.29) is 23.9 Å². The van der Waals surface area contributed by atoms with Gasteiger partial charge in [-0.1, -0.05) is 29.8 Å². The summed E-state index contributed by atoms with van der Waals surface area (Å²) in [5, 5.41) is 4.50. The molecule has 0 bridgehead atoms. The number of fused-ring (bicyclic) bond motifs is 1. The molecule has 1 aromatic heterocycles. The Bertz CT molecular complexity index is 1340. The van der Waals surface area contributed by atoms with Crippen LogP contribution in [0.25, 0.3) is 10.9 Å². The molecule has 1 N–H and O–H groups in total. The molecule has 8 heteroatoms. The topological polar surface area (TPSA) is 80.6 Å². The molecule has 1 fully saturated rings. The van der Waals surface area contributed by atoms with E-state index < -0.39 is 17.7 Å². The molecule has 2 aromatic carbocycles. The van der Waals surface area contributed by atoms with Crippen LogP contribution in [0, 0.1) is 6.92 Å². The second-order valence-electron chi connectivity index (χ2n) is 9.98. The van der Waals surface area contributed by atoms with Crippen molar-refractivity contribution >= 4 is 40.2 Å². The number of ether oxygens (including phenoxy) is 1. The molecule has 0 aliphatic carbocycles. The van der Waals surface area contributed by atoms with Crippen molar-refractivity contribution in [3.8, 4) is 0 Å². The van der Waals surface area contributed by atoms with Crippen LogP contribution in [0.5, 0.6) is 0 Å². The van der Waals surface area contributed by atoms with Crippen LogP contribution in [-0.4, -0.2) is 28.2 Å². The predicted molar refractivity (Wildman–Crippen MR) is 138 cm³/mol. The van der Waals surface area contributed by atoms with E-state index in [2.05, 4.69) is 5.32 Å². The SMILES string of the molecule is Cc1cc(=O)n(C)c2cc(N3C(=O)CC[C@H](NC(=O)OC(C)(C)C)[C@H]3c3ccc(Cl)cc3)ccc12. The Balaban J connectivity index is 1.82. The number of nitrogens with zero attached hydrogens (tertiary/aromatic N) is 2. The monoisotopic (exact) mass is 495 g/mol. The molecule has 1 aliphatic heterocycles. The number of carbonyl (C=O) groups is 2. The van der Waals surface area contributed by atoms with Crippen molar-refractivity contribution in [1.82, 2.24) is 9.88 Å². The smallest absolute Gasteiger partial charge is 0.407 e. The zero-order chi connectivity index (χ0) is 25.5. The van der Waals surface area contributed by atoms with Gasteiger partial charge in [0.25, 0.3) is 5.56 Å². The Morgan fingerprint density at radius 2 is 1.77 bits per heavy atom. The number of piperidine rings is 1. The number of nitrogens with one attached hydrogen (secondary N) is 1. The molecule has 7 nitrogen and oxygen atoms in total. The summed E-state index contributed by atoms with van der Waals surface area (Å²) in [7, 11) is 1.72. The van der Waals surface area contributed by atoms with E-state index in [1.54, 1.807) is 55.5 Å². The van der Waals surface area contributed by atoms with E-state index in [0.717, 1.165) is 22.0 Å². The first-order valence-corrected chi connectivity index (χ1v) is 12.0. The van der Waals surface area contributed by atoms with E-state index >= 15 is 0 Å². The lowest BCUT2D eigenvalue weighted by Gasteiger charge is -2.42. The lowest BCUT2D eigenvalue weighted by atomic mass is 9.89. The van der Waals surface area contributed by atoms with Crippen molar-refractivity contribution in [1.29, 1.82) is 0 Å². The van der Waals surface area contributed by atoms with Crippen LogP contribution in [-0.2, 0) is 16.6 Å². The molecule has 184 valence electrons. The number of pyridine rings is 1. The molecule has 2 amide bonds. The Kier molecular flexibility index (Phi) is 6.64. The van der Waals surface area contributed by atoms with E-state index in [4.69, 9.17) is 16.3 Å². The number of amides is 2. The third-order valence-corrected chi connectivity index (χ3v) is 6.48. The summed E-state index contributed by atoms with van der Waals surface area (Å²) in [5.41, 5.74) is 2.33. The van der Waals surface area contributed by atoms with Crippen LogP contribution in [0.2, 0.25) is 5.02 Å². The van der Waals surface area contributed by atoms with Crippen LogP contribution < -0.4 is 15.8 Å². The van der Waals surface area contributed by atoms with Gasteiger partial charge >= 0.3 is 6.09 Å². The highest BCUT2D eigenvalue weighted by molar-refractivity contribution is 6.30. The molecule has 4 rings (SSSR count). The summed E-state index contributed by atoms with van der Waals surface area (Å²) >= 11 is 6.14. The van der Waals surface area contributed by atoms with E-state index in [0.29, 0.717) is 17.1 Å². The quantitative estimate of drug-likeness (QED) is 0.537. The van der Waals surface area contributed by atoms with Gasteiger partial charge in [-0.05, 0) is 69.5 Å². The number of halogens is 1. The maximum absolute atomic E-state index is 13.3. The first kappa shape index (κ1) is 24.8. The minimum absolute atomic E-state index is 0.0656. The van der Waals surface area contributed by atoms with Crippen molar-refractivity contribution < 1.29 is 14.3 Å². The van der Waals surface area contributed by atoms with Crippen LogP contribution >= 0.6 is 11.6 Å². The van der Waals surface area contributed by atoms with Gasteiger partial charge in [0.15, 0.2) is 0 Å². The highest BCUT2D eigenvalue weighted by Crippen LogP contribution is 2.38. The Morgan fingerprint density at radius 1 is 1.09 bits per heavy atom. The number of hydrogen-bond donors (Lipinski definition) is 1. The number of benzene rings is 2. The molecule has 0 unspecified atom stereocenters. The Hall–Kier alpha value is -3.32. The largest absolute Gasteiger partial charge is 0.444 e. The third-order valence-electron chi connectivity index (χ3n) is 6.23. The predicted octanol–water partition coefficient (Wildman–Crippen LogP) is 5.26. The second-order valence-corrected chi connectivity index (χ2v) is 10.4. The minimum Gasteiger partial charge on any atom is -0.444 e. The molecule has 0 radical (unpaired) electrons. The number of anilines is 1. The number of hydrogen-bond acceptors (Lipinski definition) is 4. The van der Waals surface area contributed by atoms with Gasteiger partial charge in [0.2, 0.25) is 5.91 Å². The fourth-order valence-electron chi connectivity index (χ4n) is 4.61. The zero-order valence-corrected chi connectivity index (χ0v) is 21.3. The Labute approximate surface area is 209 Å². The number of rotatable bonds is 3. The van der Waals surface area contributed by atoms with Gasteiger partial charge < -0.3 is 19.5 Å². The van der Waals surface area contributed by atoms with E-state index in [1.807, 2.05) is 37.3 Å². The van der Waals surface area contributed by atoms with Crippen LogP contribution in [0.1, 0.15) is 50.8 Å². The summed E-state index contributed by atoms with van der Waals surface area (Å²) in [5.74, 6) is -0.0656. The average molecular weight is 496 g/mol. The van der Waals surface area contributed by atoms with Gasteiger partial charge in [0, 0.05) is 35.6 Å². The average Bonchev–Trinajstić information content (AvgIpc) is 2.77. The highest BCUT2D eigenvalue weighted by Gasteiger charge is 2.39. The van der Waals surface area contributed by atoms with Crippen molar-refractivity contribution in [3.05, 3.63) is 75.0 Å². The van der Waals surface area contributed by atoms with Gasteiger partial charge in [-0.2, -0.15) is 0 Å². The molecule has 2 heterocycles. The van der Waals surface area contributed by atoms with Crippen molar-refractivity contribution in [2.45, 2.75) is 58.2 Å². The molecule has 3 aromatic rings. The molecule has 1 aliphatic rings. The van der Waals surface area contributed by atoms with Gasteiger partial charge in [-0.25, -0.2) is 4.79 Å². The standard InChI is InChI=1S/C27H30ClN3O4/c1-16-14-24(33)30(5)22-15-19(10-11-20(16)22)31-23(32)13-12-21(29-26(34)35-27(2,3)4)25(31)17-6-8-18(28)9-7-17/h6-11,14-15,21,25H,12-13H2,1-5H3,(H,29,34)/t21-,25+/m0/s1. The van der Waals surface area contributed by atoms with E-state index in [1.165, 1.54) is 0 Å². The minimum atomic E-state index is -0.648. The van der Waals surface area contributed by atoms with Gasteiger partial charge in [-0.3, -0.25) is 9.59 Å². The zero-order valence-electron chi connectivity index (χ0n) is 20.6. The molecular weight excluding hydrogens is 466 g/mol. The van der Waals surface area contributed by atoms with Gasteiger partial charge in [-0.15, -0.1) is 0 Å². The van der Waals surface area contributed by atoms with E-state index in [9.17, 15) is 14.4 Å². The number of alkyl carbamates (subject to hydrolysis) is 1. The molecular formula is C27H30ClN3O4. The molecule has 0 spiro atoms. The normalized spacial score (nSPS) is 18.6. The summed E-state index contributed by atoms with van der Waals surface area (Å²) in [6, 6.07) is 13.7. The van der Waals surface area contributed by atoms with Crippen molar-refractivity contribution in [3.63, 3.8) is 0 Å². The van der Waals surface area contributed by atoms with Crippen LogP contribution in [0.3, 0.4) is 0 Å². The summed E-state index contributed by atoms with van der Waals surface area (Å²) in [4.78, 5) is 40.2. The maximum Gasteiger partial charge on any atom is 0.407 e. The number of carbonyl (C=O) groups excluding carboxylic acids is 2. The van der Waals surface area contributed by atoms with Crippen molar-refractivity contribution in [2.75, 3.05) is 4.90 Å². The third kappa shape index (κ3) is 5.20. The summed E-state index contributed by atoms with van der Waals surface area (Å²) < 4.78 is 7.08. The fraction of sp³-hybridized carbons (Fsp3) is 0.370. The Morgan fingerprint density at radius 3 is 2.43 bits per heavy atom.